The summed E-state index contributed by atoms with van der Waals surface area (Å²) in [4.78, 5) is 12.5. The standard InChI is InChI=1S/C13H20N2OS/c1-9(2)17-12-6-4-11(5-7-12)8-15-13(16)10(3)14/h4-7,9-10H,8,14H2,1-3H3,(H,15,16). The van der Waals surface area contributed by atoms with Gasteiger partial charge in [-0.3, -0.25) is 4.79 Å². The van der Waals surface area contributed by atoms with Crippen LogP contribution in [0.4, 0.5) is 0 Å². The van der Waals surface area contributed by atoms with Gasteiger partial charge in [0.2, 0.25) is 5.91 Å². The minimum absolute atomic E-state index is 0.120. The van der Waals surface area contributed by atoms with Crippen LogP contribution in [0.1, 0.15) is 26.3 Å². The van der Waals surface area contributed by atoms with E-state index in [0.29, 0.717) is 11.8 Å². The smallest absolute Gasteiger partial charge is 0.236 e. The summed E-state index contributed by atoms with van der Waals surface area (Å²) in [5.74, 6) is -0.120. The number of benzene rings is 1. The zero-order valence-electron chi connectivity index (χ0n) is 10.6. The van der Waals surface area contributed by atoms with Crippen LogP contribution >= 0.6 is 11.8 Å². The first-order valence-corrected chi connectivity index (χ1v) is 6.66. The van der Waals surface area contributed by atoms with Crippen molar-refractivity contribution in [3.05, 3.63) is 29.8 Å². The molecule has 0 aliphatic rings. The normalized spacial score (nSPS) is 12.5. The summed E-state index contributed by atoms with van der Waals surface area (Å²) in [5.41, 5.74) is 6.55. The van der Waals surface area contributed by atoms with Gasteiger partial charge in [-0.2, -0.15) is 0 Å². The number of carbonyl (C=O) groups is 1. The average Bonchev–Trinajstić information content (AvgIpc) is 2.26. The van der Waals surface area contributed by atoms with Crippen molar-refractivity contribution in [2.24, 2.45) is 5.73 Å². The van der Waals surface area contributed by atoms with Gasteiger partial charge in [0.25, 0.3) is 0 Å². The molecule has 94 valence electrons. The van der Waals surface area contributed by atoms with Gasteiger partial charge in [0.05, 0.1) is 6.04 Å². The Morgan fingerprint density at radius 2 is 1.88 bits per heavy atom. The largest absolute Gasteiger partial charge is 0.351 e. The van der Waals surface area contributed by atoms with Crippen molar-refractivity contribution in [2.75, 3.05) is 0 Å². The lowest BCUT2D eigenvalue weighted by molar-refractivity contribution is -0.122. The highest BCUT2D eigenvalue weighted by atomic mass is 32.2. The SMILES string of the molecule is CC(C)Sc1ccc(CNC(=O)C(C)N)cc1. The third-order valence-electron chi connectivity index (χ3n) is 2.18. The number of thioether (sulfide) groups is 1. The molecule has 1 aromatic rings. The fourth-order valence-corrected chi connectivity index (χ4v) is 2.15. The van der Waals surface area contributed by atoms with Crippen LogP contribution < -0.4 is 11.1 Å². The Labute approximate surface area is 107 Å². The predicted molar refractivity (Wildman–Crippen MR) is 72.9 cm³/mol. The van der Waals surface area contributed by atoms with E-state index in [9.17, 15) is 4.79 Å². The van der Waals surface area contributed by atoms with Crippen molar-refractivity contribution < 1.29 is 4.79 Å². The molecule has 0 aliphatic heterocycles. The number of hydrogen-bond acceptors (Lipinski definition) is 3. The van der Waals surface area contributed by atoms with Crippen LogP contribution in [0.2, 0.25) is 0 Å². The molecule has 0 heterocycles. The average molecular weight is 252 g/mol. The zero-order chi connectivity index (χ0) is 12.8. The van der Waals surface area contributed by atoms with Gasteiger partial charge in [-0.25, -0.2) is 0 Å². The first-order chi connectivity index (χ1) is 7.99. The second kappa shape index (κ2) is 6.67. The van der Waals surface area contributed by atoms with E-state index in [-0.39, 0.29) is 5.91 Å². The fourth-order valence-electron chi connectivity index (χ4n) is 1.31. The summed E-state index contributed by atoms with van der Waals surface area (Å²) < 4.78 is 0. The maximum absolute atomic E-state index is 11.3. The van der Waals surface area contributed by atoms with E-state index in [1.165, 1.54) is 4.90 Å². The Morgan fingerprint density at radius 3 is 2.35 bits per heavy atom. The highest BCUT2D eigenvalue weighted by molar-refractivity contribution is 7.99. The molecule has 3 nitrogen and oxygen atoms in total. The Kier molecular flexibility index (Phi) is 5.51. The van der Waals surface area contributed by atoms with Crippen LogP contribution in [-0.2, 0) is 11.3 Å². The monoisotopic (exact) mass is 252 g/mol. The van der Waals surface area contributed by atoms with Gasteiger partial charge in [-0.1, -0.05) is 26.0 Å². The van der Waals surface area contributed by atoms with Gasteiger partial charge in [-0.05, 0) is 24.6 Å². The minimum atomic E-state index is -0.453. The predicted octanol–water partition coefficient (Wildman–Crippen LogP) is 2.15. The van der Waals surface area contributed by atoms with Crippen molar-refractivity contribution >= 4 is 17.7 Å². The van der Waals surface area contributed by atoms with Gasteiger partial charge in [0.1, 0.15) is 0 Å². The Hall–Kier alpha value is -1.00. The molecule has 0 spiro atoms. The third kappa shape index (κ3) is 5.24. The van der Waals surface area contributed by atoms with E-state index in [2.05, 4.69) is 31.3 Å². The molecule has 1 atom stereocenters. The summed E-state index contributed by atoms with van der Waals surface area (Å²) in [7, 11) is 0. The van der Waals surface area contributed by atoms with E-state index >= 15 is 0 Å². The molecular weight excluding hydrogens is 232 g/mol. The van der Waals surface area contributed by atoms with Crippen LogP contribution in [-0.4, -0.2) is 17.2 Å². The molecule has 0 bridgehead atoms. The van der Waals surface area contributed by atoms with E-state index in [1.54, 1.807) is 6.92 Å². The number of amides is 1. The quantitative estimate of drug-likeness (QED) is 0.790. The number of hydrogen-bond donors (Lipinski definition) is 2. The van der Waals surface area contributed by atoms with Crippen LogP contribution in [0, 0.1) is 0 Å². The first kappa shape index (κ1) is 14.1. The highest BCUT2D eigenvalue weighted by Gasteiger charge is 2.06. The Morgan fingerprint density at radius 1 is 1.29 bits per heavy atom. The topological polar surface area (TPSA) is 55.1 Å². The van der Waals surface area contributed by atoms with Crippen LogP contribution in [0.5, 0.6) is 0 Å². The fraction of sp³-hybridized carbons (Fsp3) is 0.462. The summed E-state index contributed by atoms with van der Waals surface area (Å²) in [6, 6.07) is 7.78. The molecule has 3 N–H and O–H groups in total. The molecular formula is C13H20N2OS. The number of nitrogens with two attached hydrogens (primary N) is 1. The van der Waals surface area contributed by atoms with Crippen molar-refractivity contribution in [2.45, 2.75) is 43.5 Å². The van der Waals surface area contributed by atoms with Crippen LogP contribution in [0.3, 0.4) is 0 Å². The second-order valence-corrected chi connectivity index (χ2v) is 5.97. The maximum Gasteiger partial charge on any atom is 0.236 e. The van der Waals surface area contributed by atoms with Crippen molar-refractivity contribution in [3.8, 4) is 0 Å². The molecule has 4 heteroatoms. The summed E-state index contributed by atoms with van der Waals surface area (Å²) >= 11 is 1.83. The molecule has 1 unspecified atom stereocenters. The Bertz CT molecular complexity index is 360. The number of carbonyl (C=O) groups excluding carboxylic acids is 1. The number of rotatable bonds is 5. The van der Waals surface area contributed by atoms with E-state index < -0.39 is 6.04 Å². The van der Waals surface area contributed by atoms with Gasteiger partial charge < -0.3 is 11.1 Å². The molecule has 0 aromatic heterocycles. The molecule has 0 fully saturated rings. The maximum atomic E-state index is 11.3. The van der Waals surface area contributed by atoms with E-state index in [1.807, 2.05) is 23.9 Å². The van der Waals surface area contributed by atoms with Gasteiger partial charge in [0, 0.05) is 16.7 Å². The van der Waals surface area contributed by atoms with Crippen molar-refractivity contribution in [1.29, 1.82) is 0 Å². The molecule has 0 saturated carbocycles. The molecule has 0 aliphatic carbocycles. The van der Waals surface area contributed by atoms with Gasteiger partial charge >= 0.3 is 0 Å². The summed E-state index contributed by atoms with van der Waals surface area (Å²) in [6.45, 7) is 6.55. The molecule has 1 amide bonds. The molecule has 17 heavy (non-hydrogen) atoms. The highest BCUT2D eigenvalue weighted by Crippen LogP contribution is 2.22. The van der Waals surface area contributed by atoms with Gasteiger partial charge in [-0.15, -0.1) is 11.8 Å². The van der Waals surface area contributed by atoms with E-state index in [4.69, 9.17) is 5.73 Å². The van der Waals surface area contributed by atoms with Crippen molar-refractivity contribution in [1.82, 2.24) is 5.32 Å². The molecule has 1 rings (SSSR count). The Balaban J connectivity index is 2.48. The van der Waals surface area contributed by atoms with Crippen LogP contribution in [0.15, 0.2) is 29.2 Å². The lowest BCUT2D eigenvalue weighted by atomic mass is 10.2. The first-order valence-electron chi connectivity index (χ1n) is 5.78. The van der Waals surface area contributed by atoms with E-state index in [0.717, 1.165) is 5.56 Å². The lowest BCUT2D eigenvalue weighted by Crippen LogP contribution is -2.37. The second-order valence-electron chi connectivity index (χ2n) is 4.32. The minimum Gasteiger partial charge on any atom is -0.351 e. The van der Waals surface area contributed by atoms with Crippen molar-refractivity contribution in [3.63, 3.8) is 0 Å². The van der Waals surface area contributed by atoms with Gasteiger partial charge in [0.15, 0.2) is 0 Å². The van der Waals surface area contributed by atoms with Crippen LogP contribution in [0.25, 0.3) is 0 Å². The molecule has 1 aromatic carbocycles. The number of nitrogens with one attached hydrogen (secondary N) is 1. The molecule has 0 radical (unpaired) electrons. The third-order valence-corrected chi connectivity index (χ3v) is 3.19. The zero-order valence-corrected chi connectivity index (χ0v) is 11.4. The molecule has 0 saturated heterocycles. The summed E-state index contributed by atoms with van der Waals surface area (Å²) in [6.07, 6.45) is 0. The lowest BCUT2D eigenvalue weighted by Gasteiger charge is -2.09. The summed E-state index contributed by atoms with van der Waals surface area (Å²) in [5, 5.41) is 3.37.